The molecule has 0 aliphatic rings. The second-order valence-corrected chi connectivity index (χ2v) is 5.80. The molecule has 0 atom stereocenters. The minimum absolute atomic E-state index is 0.127. The lowest BCUT2D eigenvalue weighted by Crippen LogP contribution is -2.35. The molecule has 3 heteroatoms. The first-order valence-corrected chi connectivity index (χ1v) is 6.23. The molecule has 1 aromatic rings. The van der Waals surface area contributed by atoms with Gasteiger partial charge in [-0.2, -0.15) is 0 Å². The number of anilines is 1. The molecule has 0 radical (unpaired) electrons. The maximum Gasteiger partial charge on any atom is 0.128 e. The Morgan fingerprint density at radius 2 is 1.94 bits per heavy atom. The molecule has 0 bridgehead atoms. The Balaban J connectivity index is 2.73. The topological polar surface area (TPSA) is 28.2 Å². The standard InChI is InChI=1S/C14H25N3/c1-11(2)17(6)13-9-7-8-12(16-13)10-15-14(3,4)5/h7-9,11,15H,10H2,1-6H3. The summed E-state index contributed by atoms with van der Waals surface area (Å²) in [5.74, 6) is 1.04. The van der Waals surface area contributed by atoms with Crippen molar-refractivity contribution in [1.29, 1.82) is 0 Å². The van der Waals surface area contributed by atoms with Gasteiger partial charge in [0.15, 0.2) is 0 Å². The van der Waals surface area contributed by atoms with Gasteiger partial charge in [0.1, 0.15) is 5.82 Å². The molecule has 0 spiro atoms. The molecular formula is C14H25N3. The summed E-state index contributed by atoms with van der Waals surface area (Å²) in [7, 11) is 2.08. The van der Waals surface area contributed by atoms with Crippen molar-refractivity contribution in [3.05, 3.63) is 23.9 Å². The smallest absolute Gasteiger partial charge is 0.128 e. The molecule has 3 nitrogen and oxygen atoms in total. The van der Waals surface area contributed by atoms with Crippen molar-refractivity contribution in [3.63, 3.8) is 0 Å². The Labute approximate surface area is 105 Å². The largest absolute Gasteiger partial charge is 0.357 e. The van der Waals surface area contributed by atoms with Gasteiger partial charge in [0.2, 0.25) is 0 Å². The van der Waals surface area contributed by atoms with E-state index in [-0.39, 0.29) is 5.54 Å². The molecule has 0 saturated carbocycles. The lowest BCUT2D eigenvalue weighted by molar-refractivity contribution is 0.421. The van der Waals surface area contributed by atoms with E-state index in [1.807, 2.05) is 0 Å². The Morgan fingerprint density at radius 3 is 2.47 bits per heavy atom. The molecule has 0 unspecified atom stereocenters. The van der Waals surface area contributed by atoms with E-state index in [9.17, 15) is 0 Å². The van der Waals surface area contributed by atoms with E-state index in [1.165, 1.54) is 0 Å². The summed E-state index contributed by atoms with van der Waals surface area (Å²) >= 11 is 0. The predicted molar refractivity (Wildman–Crippen MR) is 74.4 cm³/mol. The van der Waals surface area contributed by atoms with Gasteiger partial charge in [0, 0.05) is 25.2 Å². The Hall–Kier alpha value is -1.09. The van der Waals surface area contributed by atoms with Crippen LogP contribution >= 0.6 is 0 Å². The van der Waals surface area contributed by atoms with Crippen molar-refractivity contribution in [2.45, 2.75) is 52.7 Å². The van der Waals surface area contributed by atoms with Crippen molar-refractivity contribution in [2.24, 2.45) is 0 Å². The summed E-state index contributed by atoms with van der Waals surface area (Å²) in [6.07, 6.45) is 0. The van der Waals surface area contributed by atoms with Crippen LogP contribution in [0.5, 0.6) is 0 Å². The first kappa shape index (κ1) is 14.0. The highest BCUT2D eigenvalue weighted by Crippen LogP contribution is 2.13. The second kappa shape index (κ2) is 5.50. The molecular weight excluding hydrogens is 210 g/mol. The maximum atomic E-state index is 4.66. The number of nitrogens with one attached hydrogen (secondary N) is 1. The first-order valence-electron chi connectivity index (χ1n) is 6.23. The van der Waals surface area contributed by atoms with Crippen LogP contribution in [0.1, 0.15) is 40.3 Å². The van der Waals surface area contributed by atoms with Crippen LogP contribution in [-0.2, 0) is 6.54 Å². The van der Waals surface area contributed by atoms with Crippen molar-refractivity contribution in [1.82, 2.24) is 10.3 Å². The van der Waals surface area contributed by atoms with Crippen LogP contribution in [0.4, 0.5) is 5.82 Å². The fourth-order valence-corrected chi connectivity index (χ4v) is 1.38. The first-order chi connectivity index (χ1) is 7.79. The van der Waals surface area contributed by atoms with E-state index >= 15 is 0 Å². The SMILES string of the molecule is CC(C)N(C)c1cccc(CNC(C)(C)C)n1. The lowest BCUT2D eigenvalue weighted by Gasteiger charge is -2.24. The van der Waals surface area contributed by atoms with Crippen molar-refractivity contribution in [2.75, 3.05) is 11.9 Å². The number of hydrogen-bond acceptors (Lipinski definition) is 3. The number of rotatable bonds is 4. The fourth-order valence-electron chi connectivity index (χ4n) is 1.38. The zero-order valence-corrected chi connectivity index (χ0v) is 11.9. The van der Waals surface area contributed by atoms with Gasteiger partial charge in [-0.25, -0.2) is 4.98 Å². The van der Waals surface area contributed by atoms with Gasteiger partial charge < -0.3 is 10.2 Å². The van der Waals surface area contributed by atoms with Crippen LogP contribution in [0.2, 0.25) is 0 Å². The summed E-state index contributed by atoms with van der Waals surface area (Å²) in [4.78, 5) is 6.84. The summed E-state index contributed by atoms with van der Waals surface area (Å²) in [6, 6.07) is 6.66. The van der Waals surface area contributed by atoms with Gasteiger partial charge in [0.25, 0.3) is 0 Å². The van der Waals surface area contributed by atoms with Gasteiger partial charge >= 0.3 is 0 Å². The van der Waals surface area contributed by atoms with Crippen molar-refractivity contribution >= 4 is 5.82 Å². The van der Waals surface area contributed by atoms with E-state index in [1.54, 1.807) is 0 Å². The summed E-state index contributed by atoms with van der Waals surface area (Å²) < 4.78 is 0. The molecule has 0 saturated heterocycles. The van der Waals surface area contributed by atoms with Crippen molar-refractivity contribution < 1.29 is 0 Å². The molecule has 1 rings (SSSR count). The highest BCUT2D eigenvalue weighted by molar-refractivity contribution is 5.39. The molecule has 96 valence electrons. The molecule has 17 heavy (non-hydrogen) atoms. The third kappa shape index (κ3) is 4.73. The average molecular weight is 235 g/mol. The monoisotopic (exact) mass is 235 g/mol. The third-order valence-corrected chi connectivity index (χ3v) is 2.73. The molecule has 0 amide bonds. The lowest BCUT2D eigenvalue weighted by atomic mass is 10.1. The zero-order chi connectivity index (χ0) is 13.1. The van der Waals surface area contributed by atoms with Gasteiger partial charge in [-0.1, -0.05) is 6.07 Å². The van der Waals surface area contributed by atoms with Crippen LogP contribution in [-0.4, -0.2) is 23.6 Å². The van der Waals surface area contributed by atoms with E-state index in [2.05, 4.69) is 75.1 Å². The normalized spacial score (nSPS) is 11.9. The zero-order valence-electron chi connectivity index (χ0n) is 11.9. The number of hydrogen-bond donors (Lipinski definition) is 1. The Bertz CT molecular complexity index is 353. The van der Waals surface area contributed by atoms with Crippen LogP contribution in [0.15, 0.2) is 18.2 Å². The highest BCUT2D eigenvalue weighted by Gasteiger charge is 2.10. The van der Waals surface area contributed by atoms with Gasteiger partial charge in [0.05, 0.1) is 5.69 Å². The molecule has 1 aromatic heterocycles. The number of nitrogens with zero attached hydrogens (tertiary/aromatic N) is 2. The molecule has 0 fully saturated rings. The summed E-state index contributed by atoms with van der Waals surface area (Å²) in [5, 5.41) is 3.45. The minimum Gasteiger partial charge on any atom is -0.357 e. The van der Waals surface area contributed by atoms with Crippen LogP contribution in [0.3, 0.4) is 0 Å². The second-order valence-electron chi connectivity index (χ2n) is 5.80. The Kier molecular flexibility index (Phi) is 4.52. The minimum atomic E-state index is 0.127. The van der Waals surface area contributed by atoms with Crippen LogP contribution in [0, 0.1) is 0 Å². The third-order valence-electron chi connectivity index (χ3n) is 2.73. The van der Waals surface area contributed by atoms with E-state index in [4.69, 9.17) is 0 Å². The average Bonchev–Trinajstić information content (AvgIpc) is 2.24. The van der Waals surface area contributed by atoms with Gasteiger partial charge in [-0.3, -0.25) is 0 Å². The van der Waals surface area contributed by atoms with Gasteiger partial charge in [-0.05, 0) is 46.8 Å². The molecule has 0 aliphatic carbocycles. The number of pyridine rings is 1. The predicted octanol–water partition coefficient (Wildman–Crippen LogP) is 2.81. The molecule has 0 aliphatic heterocycles. The van der Waals surface area contributed by atoms with E-state index < -0.39 is 0 Å². The Morgan fingerprint density at radius 1 is 1.29 bits per heavy atom. The van der Waals surface area contributed by atoms with E-state index in [0.717, 1.165) is 18.1 Å². The van der Waals surface area contributed by atoms with Crippen LogP contribution < -0.4 is 10.2 Å². The highest BCUT2D eigenvalue weighted by atomic mass is 15.2. The molecule has 1 N–H and O–H groups in total. The van der Waals surface area contributed by atoms with E-state index in [0.29, 0.717) is 6.04 Å². The van der Waals surface area contributed by atoms with Gasteiger partial charge in [-0.15, -0.1) is 0 Å². The summed E-state index contributed by atoms with van der Waals surface area (Å²) in [5.41, 5.74) is 1.21. The molecule has 1 heterocycles. The van der Waals surface area contributed by atoms with Crippen molar-refractivity contribution in [3.8, 4) is 0 Å². The maximum absolute atomic E-state index is 4.66. The summed E-state index contributed by atoms with van der Waals surface area (Å²) in [6.45, 7) is 11.6. The number of aromatic nitrogens is 1. The molecule has 0 aromatic carbocycles. The van der Waals surface area contributed by atoms with Crippen LogP contribution in [0.25, 0.3) is 0 Å². The fraction of sp³-hybridized carbons (Fsp3) is 0.643. The quantitative estimate of drug-likeness (QED) is 0.870.